The molecule has 0 bridgehead atoms. The fourth-order valence-electron chi connectivity index (χ4n) is 2.49. The minimum atomic E-state index is -3.73. The third kappa shape index (κ3) is 4.58. The molecule has 7 nitrogen and oxygen atoms in total. The lowest BCUT2D eigenvalue weighted by Gasteiger charge is -2.08. The number of para-hydroxylation sites is 1. The number of benzene rings is 2. The number of aryl methyl sites for hydroxylation is 2. The van der Waals surface area contributed by atoms with Crippen LogP contribution in [0.15, 0.2) is 47.4 Å². The number of aromatic nitrogens is 2. The van der Waals surface area contributed by atoms with Crippen molar-refractivity contribution in [3.05, 3.63) is 69.4 Å². The van der Waals surface area contributed by atoms with E-state index >= 15 is 0 Å². The van der Waals surface area contributed by atoms with Gasteiger partial charge in [0, 0.05) is 0 Å². The predicted octanol–water partition coefficient (Wildman–Crippen LogP) is 3.02. The highest BCUT2D eigenvalue weighted by Gasteiger charge is 2.19. The molecule has 0 aliphatic carbocycles. The van der Waals surface area contributed by atoms with Crippen LogP contribution in [0.5, 0.6) is 0 Å². The average Bonchev–Trinajstić information content (AvgIpc) is 3.11. The quantitative estimate of drug-likeness (QED) is 0.638. The van der Waals surface area contributed by atoms with Crippen LogP contribution in [-0.4, -0.2) is 24.5 Å². The molecule has 1 heterocycles. The maximum Gasteiger partial charge on any atom is 0.286 e. The van der Waals surface area contributed by atoms with Crippen LogP contribution in [0.2, 0.25) is 0 Å². The number of hydrogen-bond acceptors (Lipinski definition) is 6. The molecule has 10 heteroatoms. The first-order valence-electron chi connectivity index (χ1n) is 8.21. The summed E-state index contributed by atoms with van der Waals surface area (Å²) in [6.07, 6.45) is 0. The molecule has 1 amide bonds. The van der Waals surface area contributed by atoms with Gasteiger partial charge in [0.25, 0.3) is 5.91 Å². The summed E-state index contributed by atoms with van der Waals surface area (Å²) in [7, 11) is -3.73. The largest absolute Gasteiger partial charge is 0.317 e. The van der Waals surface area contributed by atoms with E-state index in [1.54, 1.807) is 31.2 Å². The van der Waals surface area contributed by atoms with Gasteiger partial charge in [-0.2, -0.15) is 0 Å². The minimum Gasteiger partial charge on any atom is -0.317 e. The number of nitrogens with one attached hydrogen (secondary N) is 2. The molecule has 0 aliphatic rings. The first-order chi connectivity index (χ1) is 13.3. The summed E-state index contributed by atoms with van der Waals surface area (Å²) >= 11 is 0.925. The molecule has 0 radical (unpaired) electrons. The van der Waals surface area contributed by atoms with Gasteiger partial charge in [-0.3, -0.25) is 4.79 Å². The highest BCUT2D eigenvalue weighted by molar-refractivity contribution is 7.89. The van der Waals surface area contributed by atoms with Gasteiger partial charge < -0.3 is 5.32 Å². The zero-order valence-electron chi connectivity index (χ0n) is 15.1. The summed E-state index contributed by atoms with van der Waals surface area (Å²) in [5, 5.41) is 10.3. The van der Waals surface area contributed by atoms with Crippen LogP contribution >= 0.6 is 11.3 Å². The van der Waals surface area contributed by atoms with E-state index < -0.39 is 21.7 Å². The standard InChI is InChI=1S/C18H17FN4O3S2/c1-11-7-8-15(12(2)9-11)28(25,26)20-10-16-22-23-18(27-16)17(24)21-14-6-4-3-5-13(14)19/h3-9,20H,10H2,1-2H3,(H,21,24). The Hall–Kier alpha value is -2.69. The molecular formula is C18H17FN4O3S2. The van der Waals surface area contributed by atoms with Crippen molar-refractivity contribution in [3.8, 4) is 0 Å². The number of amides is 1. The summed E-state index contributed by atoms with van der Waals surface area (Å²) in [6, 6.07) is 10.8. The van der Waals surface area contributed by atoms with Gasteiger partial charge in [0.05, 0.1) is 17.1 Å². The molecule has 1 aromatic heterocycles. The molecule has 28 heavy (non-hydrogen) atoms. The molecule has 0 saturated carbocycles. The van der Waals surface area contributed by atoms with Crippen molar-refractivity contribution < 1.29 is 17.6 Å². The van der Waals surface area contributed by atoms with Gasteiger partial charge in [-0.1, -0.05) is 41.2 Å². The third-order valence-electron chi connectivity index (χ3n) is 3.82. The van der Waals surface area contributed by atoms with E-state index in [0.717, 1.165) is 16.9 Å². The second-order valence-corrected chi connectivity index (χ2v) is 8.83. The van der Waals surface area contributed by atoms with E-state index in [9.17, 15) is 17.6 Å². The molecule has 0 spiro atoms. The van der Waals surface area contributed by atoms with Gasteiger partial charge in [0.1, 0.15) is 10.8 Å². The van der Waals surface area contributed by atoms with Crippen molar-refractivity contribution >= 4 is 33.0 Å². The van der Waals surface area contributed by atoms with Crippen LogP contribution < -0.4 is 10.0 Å². The van der Waals surface area contributed by atoms with Crippen molar-refractivity contribution in [1.82, 2.24) is 14.9 Å². The highest BCUT2D eigenvalue weighted by atomic mass is 32.2. The highest BCUT2D eigenvalue weighted by Crippen LogP contribution is 2.18. The summed E-state index contributed by atoms with van der Waals surface area (Å²) in [4.78, 5) is 12.4. The monoisotopic (exact) mass is 420 g/mol. The van der Waals surface area contributed by atoms with Crippen LogP contribution in [0.4, 0.5) is 10.1 Å². The maximum atomic E-state index is 13.6. The zero-order chi connectivity index (χ0) is 20.3. The van der Waals surface area contributed by atoms with Gasteiger partial charge in [-0.05, 0) is 37.6 Å². The van der Waals surface area contributed by atoms with Crippen LogP contribution in [-0.2, 0) is 16.6 Å². The molecule has 3 aromatic rings. The lowest BCUT2D eigenvalue weighted by Crippen LogP contribution is -2.24. The van der Waals surface area contributed by atoms with Crippen LogP contribution in [0, 0.1) is 19.7 Å². The lowest BCUT2D eigenvalue weighted by molar-refractivity contribution is 0.102. The average molecular weight is 420 g/mol. The van der Waals surface area contributed by atoms with Crippen molar-refractivity contribution in [2.75, 3.05) is 5.32 Å². The minimum absolute atomic E-state index is 0.00367. The Morgan fingerprint density at radius 2 is 1.89 bits per heavy atom. The predicted molar refractivity (Wildman–Crippen MR) is 104 cm³/mol. The SMILES string of the molecule is Cc1ccc(S(=O)(=O)NCc2nnc(C(=O)Nc3ccccc3F)s2)c(C)c1. The molecule has 146 valence electrons. The van der Waals surface area contributed by atoms with Crippen LogP contribution in [0.25, 0.3) is 0 Å². The molecule has 0 aliphatic heterocycles. The smallest absolute Gasteiger partial charge is 0.286 e. The summed E-state index contributed by atoms with van der Waals surface area (Å²) in [5.74, 6) is -1.19. The van der Waals surface area contributed by atoms with Gasteiger partial charge in [0.15, 0.2) is 0 Å². The Kier molecular flexibility index (Phi) is 5.82. The second kappa shape index (κ2) is 8.13. The number of carbonyl (C=O) groups excluding carboxylic acids is 1. The number of carbonyl (C=O) groups is 1. The maximum absolute atomic E-state index is 13.6. The first kappa shape index (κ1) is 20.1. The van der Waals surface area contributed by atoms with Gasteiger partial charge in [-0.15, -0.1) is 10.2 Å². The third-order valence-corrected chi connectivity index (χ3v) is 6.30. The van der Waals surface area contributed by atoms with Crippen molar-refractivity contribution in [1.29, 1.82) is 0 Å². The summed E-state index contributed by atoms with van der Waals surface area (Å²) < 4.78 is 41.0. The number of rotatable bonds is 6. The van der Waals surface area contributed by atoms with Crippen LogP contribution in [0.1, 0.15) is 25.9 Å². The van der Waals surface area contributed by atoms with Crippen molar-refractivity contribution in [3.63, 3.8) is 0 Å². The second-order valence-electron chi connectivity index (χ2n) is 6.03. The molecule has 0 saturated heterocycles. The Bertz CT molecular complexity index is 1130. The van der Waals surface area contributed by atoms with E-state index in [4.69, 9.17) is 0 Å². The number of nitrogens with zero attached hydrogens (tertiary/aromatic N) is 2. The number of hydrogen-bond donors (Lipinski definition) is 2. The Labute approximate surface area is 165 Å². The molecule has 0 fully saturated rings. The van der Waals surface area contributed by atoms with Gasteiger partial charge >= 0.3 is 0 Å². The number of halogens is 1. The summed E-state index contributed by atoms with van der Waals surface area (Å²) in [6.45, 7) is 3.49. The molecule has 0 unspecified atom stereocenters. The van der Waals surface area contributed by atoms with E-state index in [-0.39, 0.29) is 22.1 Å². The normalized spacial score (nSPS) is 11.4. The summed E-state index contributed by atoms with van der Waals surface area (Å²) in [5.41, 5.74) is 1.63. The van der Waals surface area contributed by atoms with Crippen molar-refractivity contribution in [2.24, 2.45) is 0 Å². The lowest BCUT2D eigenvalue weighted by atomic mass is 10.2. The van der Waals surface area contributed by atoms with Crippen LogP contribution in [0.3, 0.4) is 0 Å². The fourth-order valence-corrected chi connectivity index (χ4v) is 4.47. The molecule has 0 atom stereocenters. The molecular weight excluding hydrogens is 403 g/mol. The van der Waals surface area contributed by atoms with Gasteiger partial charge in [0.2, 0.25) is 15.0 Å². The molecule has 2 aromatic carbocycles. The zero-order valence-corrected chi connectivity index (χ0v) is 16.7. The Morgan fingerprint density at radius 3 is 2.61 bits per heavy atom. The number of anilines is 1. The van der Waals surface area contributed by atoms with E-state index in [1.165, 1.54) is 18.2 Å². The van der Waals surface area contributed by atoms with Gasteiger partial charge in [-0.25, -0.2) is 17.5 Å². The number of sulfonamides is 1. The Balaban J connectivity index is 1.67. The Morgan fingerprint density at radius 1 is 1.14 bits per heavy atom. The molecule has 3 rings (SSSR count). The fraction of sp³-hybridized carbons (Fsp3) is 0.167. The van der Waals surface area contributed by atoms with Crippen molar-refractivity contribution in [2.45, 2.75) is 25.3 Å². The van der Waals surface area contributed by atoms with E-state index in [0.29, 0.717) is 10.6 Å². The van der Waals surface area contributed by atoms with E-state index in [2.05, 4.69) is 20.2 Å². The topological polar surface area (TPSA) is 101 Å². The molecule has 2 N–H and O–H groups in total. The first-order valence-corrected chi connectivity index (χ1v) is 10.5. The van der Waals surface area contributed by atoms with E-state index in [1.807, 2.05) is 6.92 Å².